The molecule has 0 saturated carbocycles. The van der Waals surface area contributed by atoms with Gasteiger partial charge in [0.15, 0.2) is 11.5 Å². The molecule has 2 aromatic rings. The van der Waals surface area contributed by atoms with Crippen molar-refractivity contribution in [3.63, 3.8) is 0 Å². The highest BCUT2D eigenvalue weighted by Crippen LogP contribution is 2.37. The van der Waals surface area contributed by atoms with Crippen LogP contribution in [0.3, 0.4) is 0 Å². The number of benzene rings is 1. The van der Waals surface area contributed by atoms with Crippen molar-refractivity contribution in [3.05, 3.63) is 53.3 Å². The van der Waals surface area contributed by atoms with E-state index in [1.165, 1.54) is 16.7 Å². The van der Waals surface area contributed by atoms with Crippen molar-refractivity contribution in [2.45, 2.75) is 26.3 Å². The van der Waals surface area contributed by atoms with Crippen LogP contribution in [-0.4, -0.2) is 49.8 Å². The van der Waals surface area contributed by atoms with Crippen molar-refractivity contribution in [2.24, 2.45) is 0 Å². The third-order valence-electron chi connectivity index (χ3n) is 5.08. The van der Waals surface area contributed by atoms with E-state index in [9.17, 15) is 0 Å². The number of rotatable bonds is 8. The number of likely N-dealkylation sites (N-methyl/N-ethyl adjacent to an activating group) is 1. The van der Waals surface area contributed by atoms with Crippen molar-refractivity contribution in [1.29, 1.82) is 0 Å². The number of methoxy groups -OCH3 is 1. The normalized spacial score (nSPS) is 16.4. The minimum atomic E-state index is 0.165. The Morgan fingerprint density at radius 1 is 1.15 bits per heavy atom. The van der Waals surface area contributed by atoms with E-state index in [2.05, 4.69) is 53.3 Å². The smallest absolute Gasteiger partial charge is 0.161 e. The average molecular weight is 355 g/mol. The van der Waals surface area contributed by atoms with Crippen molar-refractivity contribution in [3.8, 4) is 11.5 Å². The van der Waals surface area contributed by atoms with Gasteiger partial charge < -0.3 is 19.7 Å². The van der Waals surface area contributed by atoms with E-state index in [1.54, 1.807) is 7.11 Å². The third-order valence-corrected chi connectivity index (χ3v) is 5.08. The van der Waals surface area contributed by atoms with Crippen LogP contribution >= 0.6 is 0 Å². The molecule has 0 aliphatic carbocycles. The van der Waals surface area contributed by atoms with Crippen LogP contribution in [-0.2, 0) is 6.42 Å². The lowest BCUT2D eigenvalue weighted by atomic mass is 9.90. The number of nitrogens with zero attached hydrogens (tertiary/aromatic N) is 2. The van der Waals surface area contributed by atoms with Crippen molar-refractivity contribution in [2.75, 3.05) is 39.9 Å². The lowest BCUT2D eigenvalue weighted by Gasteiger charge is -2.29. The molecule has 1 N–H and O–H groups in total. The molecule has 3 rings (SSSR count). The second-order valence-corrected chi connectivity index (χ2v) is 6.49. The molecule has 0 fully saturated rings. The third kappa shape index (κ3) is 4.17. The summed E-state index contributed by atoms with van der Waals surface area (Å²) in [5, 5.41) is 3.62. The number of hydrogen-bond donors (Lipinski definition) is 1. The molecule has 140 valence electrons. The monoisotopic (exact) mass is 355 g/mol. The molecule has 5 heteroatoms. The first-order chi connectivity index (χ1) is 12.8. The summed E-state index contributed by atoms with van der Waals surface area (Å²) in [4.78, 5) is 6.49. The lowest BCUT2D eigenvalue weighted by molar-refractivity contribution is 0.217. The zero-order chi connectivity index (χ0) is 18.4. The van der Waals surface area contributed by atoms with Gasteiger partial charge in [0.25, 0.3) is 0 Å². The molecular formula is C21H29N3O2. The summed E-state index contributed by atoms with van der Waals surface area (Å²) in [6, 6.07) is 8.58. The number of hydrogen-bond acceptors (Lipinski definition) is 5. The Bertz CT molecular complexity index is 702. The highest BCUT2D eigenvalue weighted by atomic mass is 16.5. The van der Waals surface area contributed by atoms with E-state index >= 15 is 0 Å². The van der Waals surface area contributed by atoms with Gasteiger partial charge in [-0.25, -0.2) is 0 Å². The van der Waals surface area contributed by atoms with Gasteiger partial charge in [0.1, 0.15) is 6.61 Å². The molecule has 1 aliphatic heterocycles. The maximum absolute atomic E-state index is 6.11. The molecule has 0 amide bonds. The fourth-order valence-electron chi connectivity index (χ4n) is 3.51. The number of ether oxygens (including phenoxy) is 2. The highest BCUT2D eigenvalue weighted by molar-refractivity contribution is 5.51. The van der Waals surface area contributed by atoms with Crippen LogP contribution in [0.4, 0.5) is 0 Å². The molecule has 2 heterocycles. The Kier molecular flexibility index (Phi) is 6.47. The van der Waals surface area contributed by atoms with E-state index < -0.39 is 0 Å². The molecule has 0 spiro atoms. The Balaban J connectivity index is 1.84. The van der Waals surface area contributed by atoms with Crippen molar-refractivity contribution < 1.29 is 9.47 Å². The first-order valence-electron chi connectivity index (χ1n) is 9.46. The van der Waals surface area contributed by atoms with Crippen LogP contribution in [0.1, 0.15) is 36.6 Å². The Labute approximate surface area is 156 Å². The molecule has 1 aromatic carbocycles. The Morgan fingerprint density at radius 2 is 1.92 bits per heavy atom. The predicted molar refractivity (Wildman–Crippen MR) is 104 cm³/mol. The van der Waals surface area contributed by atoms with E-state index in [4.69, 9.17) is 9.47 Å². The fraction of sp³-hybridized carbons (Fsp3) is 0.476. The molecule has 0 bridgehead atoms. The van der Waals surface area contributed by atoms with Gasteiger partial charge in [0, 0.05) is 25.5 Å². The maximum atomic E-state index is 6.11. The van der Waals surface area contributed by atoms with Crippen molar-refractivity contribution in [1.82, 2.24) is 15.2 Å². The Hall–Kier alpha value is -2.11. The minimum Gasteiger partial charge on any atom is -0.493 e. The van der Waals surface area contributed by atoms with E-state index in [1.807, 2.05) is 12.4 Å². The van der Waals surface area contributed by atoms with Gasteiger partial charge in [0.2, 0.25) is 0 Å². The summed E-state index contributed by atoms with van der Waals surface area (Å²) in [6.07, 6.45) is 4.68. The zero-order valence-corrected chi connectivity index (χ0v) is 16.0. The average Bonchev–Trinajstić information content (AvgIpc) is 2.70. The topological polar surface area (TPSA) is 46.6 Å². The molecule has 26 heavy (non-hydrogen) atoms. The van der Waals surface area contributed by atoms with Gasteiger partial charge in [-0.3, -0.25) is 4.98 Å². The van der Waals surface area contributed by atoms with Crippen LogP contribution in [0.25, 0.3) is 0 Å². The number of nitrogens with one attached hydrogen (secondary N) is 1. The first kappa shape index (κ1) is 18.7. The molecule has 1 aliphatic rings. The van der Waals surface area contributed by atoms with Gasteiger partial charge in [-0.1, -0.05) is 13.8 Å². The van der Waals surface area contributed by atoms with Crippen LogP contribution in [0.2, 0.25) is 0 Å². The number of fused-ring (bicyclic) bond motifs is 1. The Morgan fingerprint density at radius 3 is 2.62 bits per heavy atom. The standard InChI is InChI=1S/C21H29N3O2/c1-4-24(5-2)12-13-26-20-15-18-17(14-19(20)25-3)8-11-23-21(18)16-6-9-22-10-7-16/h6-7,9-10,14-15,21,23H,4-5,8,11-13H2,1-3H3. The molecular weight excluding hydrogens is 326 g/mol. The largest absolute Gasteiger partial charge is 0.493 e. The molecule has 1 unspecified atom stereocenters. The second-order valence-electron chi connectivity index (χ2n) is 6.49. The van der Waals surface area contributed by atoms with Gasteiger partial charge in [-0.15, -0.1) is 0 Å². The number of aromatic nitrogens is 1. The molecule has 1 atom stereocenters. The van der Waals surface area contributed by atoms with Crippen LogP contribution in [0, 0.1) is 0 Å². The van der Waals surface area contributed by atoms with Gasteiger partial charge in [-0.05, 0) is 60.5 Å². The summed E-state index contributed by atoms with van der Waals surface area (Å²) < 4.78 is 11.7. The summed E-state index contributed by atoms with van der Waals surface area (Å²) in [7, 11) is 1.71. The van der Waals surface area contributed by atoms with E-state index in [-0.39, 0.29) is 6.04 Å². The second kappa shape index (κ2) is 9.01. The summed E-state index contributed by atoms with van der Waals surface area (Å²) in [6.45, 7) is 8.95. The van der Waals surface area contributed by atoms with Crippen molar-refractivity contribution >= 4 is 0 Å². The van der Waals surface area contributed by atoms with Gasteiger partial charge in [-0.2, -0.15) is 0 Å². The van der Waals surface area contributed by atoms with Crippen LogP contribution < -0.4 is 14.8 Å². The number of pyridine rings is 1. The fourth-order valence-corrected chi connectivity index (χ4v) is 3.51. The molecule has 0 radical (unpaired) electrons. The SMILES string of the molecule is CCN(CC)CCOc1cc2c(cc1OC)CCNC2c1ccncc1. The highest BCUT2D eigenvalue weighted by Gasteiger charge is 2.24. The predicted octanol–water partition coefficient (Wildman–Crippen LogP) is 3.05. The zero-order valence-electron chi connectivity index (χ0n) is 16.0. The van der Waals surface area contributed by atoms with E-state index in [0.29, 0.717) is 6.61 Å². The molecule has 0 saturated heterocycles. The lowest BCUT2D eigenvalue weighted by Crippen LogP contribution is -2.31. The summed E-state index contributed by atoms with van der Waals surface area (Å²) >= 11 is 0. The van der Waals surface area contributed by atoms with Crippen LogP contribution in [0.5, 0.6) is 11.5 Å². The summed E-state index contributed by atoms with van der Waals surface area (Å²) in [5.41, 5.74) is 3.81. The quantitative estimate of drug-likeness (QED) is 0.789. The summed E-state index contributed by atoms with van der Waals surface area (Å²) in [5.74, 6) is 1.64. The van der Waals surface area contributed by atoms with Gasteiger partial charge in [0.05, 0.1) is 13.2 Å². The van der Waals surface area contributed by atoms with E-state index in [0.717, 1.165) is 44.1 Å². The first-order valence-corrected chi connectivity index (χ1v) is 9.46. The van der Waals surface area contributed by atoms with Gasteiger partial charge >= 0.3 is 0 Å². The molecule has 5 nitrogen and oxygen atoms in total. The minimum absolute atomic E-state index is 0.165. The molecule has 1 aromatic heterocycles. The maximum Gasteiger partial charge on any atom is 0.161 e. The van der Waals surface area contributed by atoms with Crippen LogP contribution in [0.15, 0.2) is 36.7 Å².